The van der Waals surface area contributed by atoms with Gasteiger partial charge in [0.1, 0.15) is 0 Å². The van der Waals surface area contributed by atoms with Gasteiger partial charge in [-0.15, -0.1) is 0 Å². The maximum Gasteiger partial charge on any atom is 0.172 e. The fourth-order valence-electron chi connectivity index (χ4n) is 2.34. The first-order valence-corrected chi connectivity index (χ1v) is 5.85. The molecule has 17 heavy (non-hydrogen) atoms. The molecule has 4 heteroatoms. The number of amidine groups is 1. The van der Waals surface area contributed by atoms with Crippen molar-refractivity contribution in [3.8, 4) is 0 Å². The lowest BCUT2D eigenvalue weighted by atomic mass is 9.93. The lowest BCUT2D eigenvalue weighted by Gasteiger charge is -2.23. The third-order valence-corrected chi connectivity index (χ3v) is 3.31. The summed E-state index contributed by atoms with van der Waals surface area (Å²) >= 11 is 0. The Hall–Kier alpha value is -1.71. The average molecular weight is 233 g/mol. The van der Waals surface area contributed by atoms with E-state index in [1.165, 1.54) is 0 Å². The Balaban J connectivity index is 2.33. The molecule has 0 bridgehead atoms. The van der Waals surface area contributed by atoms with Gasteiger partial charge in [-0.3, -0.25) is 0 Å². The second-order valence-electron chi connectivity index (χ2n) is 5.34. The summed E-state index contributed by atoms with van der Waals surface area (Å²) < 4.78 is 0. The Morgan fingerprint density at radius 2 is 2.12 bits per heavy atom. The van der Waals surface area contributed by atoms with E-state index >= 15 is 0 Å². The molecule has 0 spiro atoms. The van der Waals surface area contributed by atoms with Gasteiger partial charge >= 0.3 is 0 Å². The number of nitrogens with zero attached hydrogens (tertiary/aromatic N) is 2. The van der Waals surface area contributed by atoms with Gasteiger partial charge < -0.3 is 15.8 Å². The maximum absolute atomic E-state index is 8.80. The highest BCUT2D eigenvalue weighted by atomic mass is 16.4. The Morgan fingerprint density at radius 1 is 1.41 bits per heavy atom. The van der Waals surface area contributed by atoms with Gasteiger partial charge in [-0.25, -0.2) is 0 Å². The minimum atomic E-state index is 0.172. The highest BCUT2D eigenvalue weighted by Gasteiger charge is 2.30. The molecule has 1 aliphatic heterocycles. The summed E-state index contributed by atoms with van der Waals surface area (Å²) in [5.74, 6) is 0.172. The van der Waals surface area contributed by atoms with Crippen LogP contribution in [-0.4, -0.2) is 24.1 Å². The monoisotopic (exact) mass is 233 g/mol. The standard InChI is InChI=1S/C13H19N3O/c1-13(2)7-8-16(9-13)11-6-4-3-5-10(11)12(14)15-17/h3-6,17H,7-9H2,1-2H3,(H2,14,15). The molecule has 1 aromatic rings. The van der Waals surface area contributed by atoms with E-state index in [0.717, 1.165) is 30.8 Å². The zero-order valence-electron chi connectivity index (χ0n) is 10.3. The normalized spacial score (nSPS) is 19.6. The van der Waals surface area contributed by atoms with Crippen LogP contribution in [0.15, 0.2) is 29.4 Å². The van der Waals surface area contributed by atoms with Crippen LogP contribution in [0.2, 0.25) is 0 Å². The summed E-state index contributed by atoms with van der Waals surface area (Å²) in [4.78, 5) is 2.30. The lowest BCUT2D eigenvalue weighted by Crippen LogP contribution is -2.26. The predicted octanol–water partition coefficient (Wildman–Crippen LogP) is 2.02. The molecule has 1 heterocycles. The highest BCUT2D eigenvalue weighted by molar-refractivity contribution is 6.02. The third kappa shape index (κ3) is 2.35. The third-order valence-electron chi connectivity index (χ3n) is 3.31. The van der Waals surface area contributed by atoms with Gasteiger partial charge in [0.15, 0.2) is 5.84 Å². The molecule has 1 fully saturated rings. The van der Waals surface area contributed by atoms with Gasteiger partial charge in [-0.05, 0) is 24.0 Å². The molecule has 0 aromatic heterocycles. The Bertz CT molecular complexity index is 440. The van der Waals surface area contributed by atoms with Crippen LogP contribution in [0.25, 0.3) is 0 Å². The average Bonchev–Trinajstić information content (AvgIpc) is 2.68. The van der Waals surface area contributed by atoms with Crippen LogP contribution in [0.4, 0.5) is 5.69 Å². The van der Waals surface area contributed by atoms with Crippen LogP contribution < -0.4 is 10.6 Å². The molecule has 0 atom stereocenters. The molecule has 1 aromatic carbocycles. The van der Waals surface area contributed by atoms with E-state index in [9.17, 15) is 0 Å². The number of hydrogen-bond acceptors (Lipinski definition) is 3. The molecule has 2 rings (SSSR count). The van der Waals surface area contributed by atoms with Gasteiger partial charge in [0, 0.05) is 24.3 Å². The predicted molar refractivity (Wildman–Crippen MR) is 69.6 cm³/mol. The van der Waals surface area contributed by atoms with Crippen LogP contribution in [0.1, 0.15) is 25.8 Å². The minimum Gasteiger partial charge on any atom is -0.409 e. The quantitative estimate of drug-likeness (QED) is 0.355. The summed E-state index contributed by atoms with van der Waals surface area (Å²) in [5, 5.41) is 11.9. The summed E-state index contributed by atoms with van der Waals surface area (Å²) in [6.45, 7) is 6.55. The Kier molecular flexibility index (Phi) is 2.96. The smallest absolute Gasteiger partial charge is 0.172 e. The topological polar surface area (TPSA) is 61.8 Å². The van der Waals surface area contributed by atoms with E-state index < -0.39 is 0 Å². The van der Waals surface area contributed by atoms with Crippen LogP contribution in [-0.2, 0) is 0 Å². The van der Waals surface area contributed by atoms with Crippen molar-refractivity contribution in [2.45, 2.75) is 20.3 Å². The zero-order valence-corrected chi connectivity index (χ0v) is 10.3. The Labute approximate surface area is 102 Å². The number of rotatable bonds is 2. The molecule has 0 amide bonds. The van der Waals surface area contributed by atoms with Crippen LogP contribution in [0, 0.1) is 5.41 Å². The van der Waals surface area contributed by atoms with Crippen molar-refractivity contribution in [3.63, 3.8) is 0 Å². The molecule has 0 saturated carbocycles. The van der Waals surface area contributed by atoms with E-state index in [4.69, 9.17) is 10.9 Å². The maximum atomic E-state index is 8.80. The fourth-order valence-corrected chi connectivity index (χ4v) is 2.34. The first kappa shape index (κ1) is 11.8. The largest absolute Gasteiger partial charge is 0.409 e. The molecule has 92 valence electrons. The summed E-state index contributed by atoms with van der Waals surface area (Å²) in [6, 6.07) is 7.79. The SMILES string of the molecule is CC1(C)CCN(c2ccccc2C(N)=NO)C1. The van der Waals surface area contributed by atoms with Crippen molar-refractivity contribution in [1.29, 1.82) is 0 Å². The van der Waals surface area contributed by atoms with E-state index in [2.05, 4.69) is 23.9 Å². The van der Waals surface area contributed by atoms with Gasteiger partial charge in [-0.1, -0.05) is 31.1 Å². The Morgan fingerprint density at radius 3 is 2.71 bits per heavy atom. The molecular weight excluding hydrogens is 214 g/mol. The number of hydrogen-bond donors (Lipinski definition) is 2. The molecule has 0 aliphatic carbocycles. The van der Waals surface area contributed by atoms with Gasteiger partial charge in [-0.2, -0.15) is 0 Å². The van der Waals surface area contributed by atoms with Crippen LogP contribution in [0.3, 0.4) is 0 Å². The van der Waals surface area contributed by atoms with Crippen molar-refractivity contribution < 1.29 is 5.21 Å². The summed E-state index contributed by atoms with van der Waals surface area (Å²) in [6.07, 6.45) is 1.16. The number of oxime groups is 1. The summed E-state index contributed by atoms with van der Waals surface area (Å²) in [7, 11) is 0. The highest BCUT2D eigenvalue weighted by Crippen LogP contribution is 2.33. The van der Waals surface area contributed by atoms with Crippen molar-refractivity contribution in [1.82, 2.24) is 0 Å². The van der Waals surface area contributed by atoms with Crippen molar-refractivity contribution >= 4 is 11.5 Å². The van der Waals surface area contributed by atoms with Crippen molar-refractivity contribution in [2.24, 2.45) is 16.3 Å². The molecule has 1 saturated heterocycles. The van der Waals surface area contributed by atoms with E-state index in [1.807, 2.05) is 24.3 Å². The van der Waals surface area contributed by atoms with Crippen molar-refractivity contribution in [3.05, 3.63) is 29.8 Å². The number of anilines is 1. The van der Waals surface area contributed by atoms with Gasteiger partial charge in [0.05, 0.1) is 0 Å². The van der Waals surface area contributed by atoms with Crippen molar-refractivity contribution in [2.75, 3.05) is 18.0 Å². The first-order chi connectivity index (χ1) is 8.03. The van der Waals surface area contributed by atoms with Crippen LogP contribution >= 0.6 is 0 Å². The molecule has 0 unspecified atom stereocenters. The van der Waals surface area contributed by atoms with Gasteiger partial charge in [0.2, 0.25) is 0 Å². The molecule has 1 aliphatic rings. The second-order valence-corrected chi connectivity index (χ2v) is 5.34. The summed E-state index contributed by atoms with van der Waals surface area (Å²) in [5.41, 5.74) is 7.88. The minimum absolute atomic E-state index is 0.172. The van der Waals surface area contributed by atoms with Crippen LogP contribution in [0.5, 0.6) is 0 Å². The van der Waals surface area contributed by atoms with Gasteiger partial charge in [0.25, 0.3) is 0 Å². The molecule has 3 N–H and O–H groups in total. The molecule has 4 nitrogen and oxygen atoms in total. The van der Waals surface area contributed by atoms with E-state index in [0.29, 0.717) is 5.41 Å². The first-order valence-electron chi connectivity index (χ1n) is 5.85. The zero-order chi connectivity index (χ0) is 12.5. The molecular formula is C13H19N3O. The molecule has 0 radical (unpaired) electrons. The number of nitrogens with two attached hydrogens (primary N) is 1. The lowest BCUT2D eigenvalue weighted by molar-refractivity contribution is 0.318. The van der Waals surface area contributed by atoms with E-state index in [-0.39, 0.29) is 5.84 Å². The fraction of sp³-hybridized carbons (Fsp3) is 0.462. The number of para-hydroxylation sites is 1. The second kappa shape index (κ2) is 4.28. The van der Waals surface area contributed by atoms with E-state index in [1.54, 1.807) is 0 Å². The number of benzene rings is 1.